The van der Waals surface area contributed by atoms with E-state index in [-0.39, 0.29) is 22.8 Å². The van der Waals surface area contributed by atoms with E-state index in [2.05, 4.69) is 63.0 Å². The zero-order valence-corrected chi connectivity index (χ0v) is 20.5. The monoisotopic (exact) mass is 477 g/mol. The van der Waals surface area contributed by atoms with Gasteiger partial charge in [0.15, 0.2) is 0 Å². The molecule has 36 heavy (non-hydrogen) atoms. The molecule has 1 aliphatic carbocycles. The van der Waals surface area contributed by atoms with Crippen molar-refractivity contribution in [1.82, 2.24) is 35.0 Å². The summed E-state index contributed by atoms with van der Waals surface area (Å²) in [5, 5.41) is 7.87. The van der Waals surface area contributed by atoms with E-state index in [4.69, 9.17) is 4.98 Å². The van der Waals surface area contributed by atoms with Gasteiger partial charge in [0.1, 0.15) is 5.82 Å². The zero-order valence-electron chi connectivity index (χ0n) is 20.5. The highest BCUT2D eigenvalue weighted by Gasteiger charge is 2.57. The summed E-state index contributed by atoms with van der Waals surface area (Å²) in [6.45, 7) is 7.75. The topological polar surface area (TPSA) is 103 Å². The number of hydrogen-bond acceptors (Lipinski definition) is 5. The largest absolute Gasteiger partial charge is 0.345 e. The minimum Gasteiger partial charge on any atom is -0.345 e. The number of piperidine rings is 1. The van der Waals surface area contributed by atoms with Crippen molar-refractivity contribution in [3.05, 3.63) is 71.8 Å². The van der Waals surface area contributed by atoms with E-state index in [1.54, 1.807) is 18.7 Å². The van der Waals surface area contributed by atoms with Crippen LogP contribution in [0.1, 0.15) is 48.7 Å². The SMILES string of the molecule is CC1(C)C2Cc3cc4nc(-c5ccnnc5)[nH]c4cc3[C@]1(C)CCN2C(=O)c1ccc2nc[nH]c2c1. The number of aromatic nitrogens is 6. The lowest BCUT2D eigenvalue weighted by atomic mass is 9.51. The van der Waals surface area contributed by atoms with Gasteiger partial charge >= 0.3 is 0 Å². The molecule has 0 spiro atoms. The summed E-state index contributed by atoms with van der Waals surface area (Å²) in [5.41, 5.74) is 7.82. The number of rotatable bonds is 2. The third-order valence-corrected chi connectivity index (χ3v) is 8.98. The van der Waals surface area contributed by atoms with Gasteiger partial charge in [-0.2, -0.15) is 10.2 Å². The minimum atomic E-state index is -0.0997. The number of amides is 1. The molecular weight excluding hydrogens is 450 g/mol. The maximum atomic E-state index is 13.8. The van der Waals surface area contributed by atoms with Crippen molar-refractivity contribution >= 4 is 28.0 Å². The number of nitrogens with one attached hydrogen (secondary N) is 2. The van der Waals surface area contributed by atoms with Crippen LogP contribution in [0.15, 0.2) is 55.1 Å². The number of imidazole rings is 2. The van der Waals surface area contributed by atoms with E-state index < -0.39 is 0 Å². The van der Waals surface area contributed by atoms with Crippen molar-refractivity contribution in [3.8, 4) is 11.4 Å². The molecule has 0 saturated carbocycles. The molecule has 4 heterocycles. The van der Waals surface area contributed by atoms with Crippen molar-refractivity contribution in [3.63, 3.8) is 0 Å². The third-order valence-electron chi connectivity index (χ3n) is 8.98. The molecule has 0 radical (unpaired) electrons. The van der Waals surface area contributed by atoms with E-state index in [0.29, 0.717) is 5.56 Å². The number of fused-ring (bicyclic) bond motifs is 6. The lowest BCUT2D eigenvalue weighted by molar-refractivity contribution is -0.0261. The normalized spacial score (nSPS) is 22.6. The van der Waals surface area contributed by atoms with Crippen LogP contribution in [0.4, 0.5) is 0 Å². The molecule has 1 saturated heterocycles. The van der Waals surface area contributed by atoms with Crippen LogP contribution in [0.25, 0.3) is 33.5 Å². The summed E-state index contributed by atoms with van der Waals surface area (Å²) in [5.74, 6) is 0.879. The van der Waals surface area contributed by atoms with Crippen molar-refractivity contribution in [2.75, 3.05) is 6.54 Å². The van der Waals surface area contributed by atoms with Crippen molar-refractivity contribution in [1.29, 1.82) is 0 Å². The molecule has 3 aromatic heterocycles. The highest BCUT2D eigenvalue weighted by molar-refractivity contribution is 5.97. The van der Waals surface area contributed by atoms with E-state index >= 15 is 0 Å². The van der Waals surface area contributed by atoms with Crippen LogP contribution in [-0.4, -0.2) is 53.5 Å². The molecule has 8 heteroatoms. The van der Waals surface area contributed by atoms with Crippen molar-refractivity contribution < 1.29 is 4.79 Å². The number of carbonyl (C=O) groups is 1. The fraction of sp³-hybridized carbons (Fsp3) is 0.321. The Morgan fingerprint density at radius 2 is 1.94 bits per heavy atom. The van der Waals surface area contributed by atoms with Crippen LogP contribution in [0.3, 0.4) is 0 Å². The fourth-order valence-corrected chi connectivity index (χ4v) is 6.46. The Kier molecular flexibility index (Phi) is 4.26. The van der Waals surface area contributed by atoms with Gasteiger partial charge in [-0.3, -0.25) is 4.79 Å². The number of hydrogen-bond donors (Lipinski definition) is 2. The first-order valence-electron chi connectivity index (χ1n) is 12.4. The van der Waals surface area contributed by atoms with Gasteiger partial charge in [-0.1, -0.05) is 20.8 Å². The molecule has 2 bridgehead atoms. The summed E-state index contributed by atoms with van der Waals surface area (Å²) >= 11 is 0. The van der Waals surface area contributed by atoms with Crippen LogP contribution in [0, 0.1) is 5.41 Å². The summed E-state index contributed by atoms with van der Waals surface area (Å²) < 4.78 is 0. The Morgan fingerprint density at radius 1 is 1.06 bits per heavy atom. The predicted molar refractivity (Wildman–Crippen MR) is 137 cm³/mol. The first-order chi connectivity index (χ1) is 17.3. The number of carbonyl (C=O) groups excluding carboxylic acids is 1. The van der Waals surface area contributed by atoms with Crippen LogP contribution in [-0.2, 0) is 11.8 Å². The van der Waals surface area contributed by atoms with E-state index in [1.165, 1.54) is 11.1 Å². The first kappa shape index (κ1) is 21.2. The van der Waals surface area contributed by atoms with Crippen molar-refractivity contribution in [2.45, 2.75) is 45.1 Å². The van der Waals surface area contributed by atoms with Crippen LogP contribution >= 0.6 is 0 Å². The van der Waals surface area contributed by atoms with Gasteiger partial charge in [0, 0.05) is 29.1 Å². The second kappa shape index (κ2) is 7.22. The molecule has 1 unspecified atom stereocenters. The Hall–Kier alpha value is -4.07. The maximum Gasteiger partial charge on any atom is 0.254 e. The molecule has 2 N–H and O–H groups in total. The molecule has 2 atom stereocenters. The molecule has 1 amide bonds. The van der Waals surface area contributed by atoms with Gasteiger partial charge in [0.25, 0.3) is 5.91 Å². The molecule has 2 aliphatic rings. The van der Waals surface area contributed by atoms with Crippen LogP contribution in [0.5, 0.6) is 0 Å². The molecule has 8 nitrogen and oxygen atoms in total. The molecule has 1 aliphatic heterocycles. The number of nitrogens with zero attached hydrogens (tertiary/aromatic N) is 5. The Morgan fingerprint density at radius 3 is 2.78 bits per heavy atom. The van der Waals surface area contributed by atoms with Gasteiger partial charge in [-0.15, -0.1) is 0 Å². The average molecular weight is 478 g/mol. The summed E-state index contributed by atoms with van der Waals surface area (Å²) in [7, 11) is 0. The molecule has 5 aromatic rings. The lowest BCUT2D eigenvalue weighted by Gasteiger charge is -2.60. The average Bonchev–Trinajstić information content (AvgIpc) is 3.52. The lowest BCUT2D eigenvalue weighted by Crippen LogP contribution is -2.64. The molecule has 180 valence electrons. The second-order valence-electron chi connectivity index (χ2n) is 10.9. The quantitative estimate of drug-likeness (QED) is 0.385. The van der Waals surface area contributed by atoms with E-state index in [0.717, 1.165) is 52.8 Å². The van der Waals surface area contributed by atoms with Gasteiger partial charge in [-0.05, 0) is 65.8 Å². The Balaban J connectivity index is 1.30. The summed E-state index contributed by atoms with van der Waals surface area (Å²) in [6.07, 6.45) is 6.78. The summed E-state index contributed by atoms with van der Waals surface area (Å²) in [6, 6.07) is 12.2. The number of H-pyrrole nitrogens is 2. The Labute approximate surface area is 208 Å². The van der Waals surface area contributed by atoms with Gasteiger partial charge in [0.2, 0.25) is 0 Å². The smallest absolute Gasteiger partial charge is 0.254 e. The Bertz CT molecular complexity index is 1650. The molecule has 1 fully saturated rings. The first-order valence-corrected chi connectivity index (χ1v) is 12.4. The van der Waals surface area contributed by atoms with E-state index in [1.807, 2.05) is 24.3 Å². The van der Waals surface area contributed by atoms with Crippen LogP contribution < -0.4 is 0 Å². The number of benzene rings is 2. The van der Waals surface area contributed by atoms with Gasteiger partial charge in [0.05, 0.1) is 40.8 Å². The zero-order chi connectivity index (χ0) is 24.7. The molecule has 2 aromatic carbocycles. The minimum absolute atomic E-state index is 0.0625. The highest BCUT2D eigenvalue weighted by Crippen LogP contribution is 2.56. The van der Waals surface area contributed by atoms with Gasteiger partial charge < -0.3 is 14.9 Å². The van der Waals surface area contributed by atoms with Crippen LogP contribution in [0.2, 0.25) is 0 Å². The number of likely N-dealkylation sites (tertiary alicyclic amines) is 1. The summed E-state index contributed by atoms with van der Waals surface area (Å²) in [4.78, 5) is 31.7. The maximum absolute atomic E-state index is 13.8. The van der Waals surface area contributed by atoms with E-state index in [9.17, 15) is 4.79 Å². The second-order valence-corrected chi connectivity index (χ2v) is 10.9. The number of aromatic amines is 2. The molecular formula is C28H27N7O. The third kappa shape index (κ3) is 2.84. The van der Waals surface area contributed by atoms with Crippen molar-refractivity contribution in [2.24, 2.45) is 5.41 Å². The fourth-order valence-electron chi connectivity index (χ4n) is 6.46. The predicted octanol–water partition coefficient (Wildman–Crippen LogP) is 4.65. The standard InChI is InChI=1S/C28H27N7O/c1-27(2)24-12-18-11-22-23(34-25(33-22)17-6-8-31-32-14-17)13-19(18)28(27,3)7-9-35(24)26(36)16-4-5-20-21(10-16)30-15-29-20/h4-6,8,10-11,13-15,24H,7,9,12H2,1-3H3,(H,29,30)(H,33,34)/t24?,28-/m0/s1. The molecule has 7 rings (SSSR count). The highest BCUT2D eigenvalue weighted by atomic mass is 16.2. The van der Waals surface area contributed by atoms with Gasteiger partial charge in [-0.25, -0.2) is 9.97 Å².